The fourth-order valence-electron chi connectivity index (χ4n) is 5.59. The summed E-state index contributed by atoms with van der Waals surface area (Å²) in [5.74, 6) is -0.983. The van der Waals surface area contributed by atoms with E-state index >= 15 is 0 Å². The predicted octanol–water partition coefficient (Wildman–Crippen LogP) is 5.14. The van der Waals surface area contributed by atoms with Crippen molar-refractivity contribution in [3.63, 3.8) is 0 Å². The van der Waals surface area contributed by atoms with E-state index in [9.17, 15) is 23.9 Å². The molecule has 0 saturated heterocycles. The molecule has 0 spiro atoms. The van der Waals surface area contributed by atoms with Crippen molar-refractivity contribution in [3.8, 4) is 28.5 Å². The molecule has 0 aliphatic heterocycles. The number of halogens is 1. The largest absolute Gasteiger partial charge is 0.508 e. The van der Waals surface area contributed by atoms with Gasteiger partial charge in [0.25, 0.3) is 11.8 Å². The first-order chi connectivity index (χ1) is 22.9. The number of amides is 3. The molecule has 5 rings (SSSR count). The van der Waals surface area contributed by atoms with Gasteiger partial charge in [-0.3, -0.25) is 19.3 Å². The van der Waals surface area contributed by atoms with Crippen molar-refractivity contribution in [2.45, 2.75) is 51.2 Å². The van der Waals surface area contributed by atoms with Crippen LogP contribution < -0.4 is 15.4 Å². The number of thiazole rings is 1. The highest BCUT2D eigenvalue weighted by Crippen LogP contribution is 2.32. The van der Waals surface area contributed by atoms with E-state index in [-0.39, 0.29) is 47.6 Å². The smallest absolute Gasteiger partial charge is 0.270 e. The zero-order valence-electron chi connectivity index (χ0n) is 27.3. The summed E-state index contributed by atoms with van der Waals surface area (Å²) in [5, 5.41) is 18.8. The van der Waals surface area contributed by atoms with E-state index in [1.807, 2.05) is 24.9 Å². The molecule has 2 aromatic carbocycles. The van der Waals surface area contributed by atoms with E-state index < -0.39 is 11.7 Å². The van der Waals surface area contributed by atoms with Crippen LogP contribution in [-0.4, -0.2) is 82.4 Å². The summed E-state index contributed by atoms with van der Waals surface area (Å²) >= 11 is 1.42. The Morgan fingerprint density at radius 2 is 1.71 bits per heavy atom. The van der Waals surface area contributed by atoms with Crippen LogP contribution in [0.2, 0.25) is 0 Å². The number of nitrogens with one attached hydrogen (secondary N) is 2. The van der Waals surface area contributed by atoms with Crippen molar-refractivity contribution in [2.24, 2.45) is 0 Å². The summed E-state index contributed by atoms with van der Waals surface area (Å²) in [7, 11) is 5.23. The molecular weight excluding hydrogens is 635 g/mol. The van der Waals surface area contributed by atoms with Crippen LogP contribution in [0.5, 0.6) is 17.4 Å². The molecule has 252 valence electrons. The van der Waals surface area contributed by atoms with E-state index in [4.69, 9.17) is 4.74 Å². The number of rotatable bonds is 11. The second-order valence-corrected chi connectivity index (χ2v) is 13.2. The summed E-state index contributed by atoms with van der Waals surface area (Å²) in [6.45, 7) is 2.46. The maximum absolute atomic E-state index is 14.3. The molecule has 0 bridgehead atoms. The van der Waals surface area contributed by atoms with Crippen molar-refractivity contribution < 1.29 is 28.6 Å². The van der Waals surface area contributed by atoms with E-state index in [0.29, 0.717) is 43.7 Å². The van der Waals surface area contributed by atoms with Crippen molar-refractivity contribution in [3.05, 3.63) is 87.8 Å². The van der Waals surface area contributed by atoms with Gasteiger partial charge in [0.15, 0.2) is 0 Å². The number of aromatic hydroxyl groups is 1. The molecule has 0 radical (unpaired) electrons. The predicted molar refractivity (Wildman–Crippen MR) is 181 cm³/mol. The van der Waals surface area contributed by atoms with E-state index in [0.717, 1.165) is 34.0 Å². The molecule has 3 N–H and O–H groups in total. The minimum absolute atomic E-state index is 0.0234. The van der Waals surface area contributed by atoms with Gasteiger partial charge in [-0.05, 0) is 86.7 Å². The van der Waals surface area contributed by atoms with E-state index in [1.54, 1.807) is 55.9 Å². The Balaban J connectivity index is 1.25. The number of likely N-dealkylation sites (N-methyl/N-ethyl adjacent to an activating group) is 2. The van der Waals surface area contributed by atoms with Crippen LogP contribution >= 0.6 is 11.3 Å². The summed E-state index contributed by atoms with van der Waals surface area (Å²) in [5.41, 5.74) is 2.77. The van der Waals surface area contributed by atoms with Crippen molar-refractivity contribution in [1.82, 2.24) is 30.4 Å². The first-order valence-electron chi connectivity index (χ1n) is 15.6. The maximum Gasteiger partial charge on any atom is 0.270 e. The van der Waals surface area contributed by atoms with Crippen LogP contribution in [0.4, 0.5) is 4.39 Å². The first-order valence-corrected chi connectivity index (χ1v) is 16.5. The minimum atomic E-state index is -0.671. The number of hydrogen-bond donors (Lipinski definition) is 3. The lowest BCUT2D eigenvalue weighted by Gasteiger charge is -2.29. The Labute approximate surface area is 282 Å². The van der Waals surface area contributed by atoms with Gasteiger partial charge in [0.1, 0.15) is 28.6 Å². The number of benzene rings is 2. The topological polar surface area (TPSA) is 137 Å². The molecule has 2 aromatic heterocycles. The van der Waals surface area contributed by atoms with Crippen LogP contribution in [0.15, 0.2) is 60.1 Å². The Hall–Kier alpha value is -4.88. The molecule has 11 nitrogen and oxygen atoms in total. The molecule has 13 heteroatoms. The fraction of sp³-hybridized carbons (Fsp3) is 0.343. The van der Waals surface area contributed by atoms with Crippen LogP contribution in [0.1, 0.15) is 57.1 Å². The number of carbonyl (C=O) groups excluding carboxylic acids is 3. The highest BCUT2D eigenvalue weighted by Gasteiger charge is 2.26. The third kappa shape index (κ3) is 8.92. The Morgan fingerprint density at radius 1 is 1.00 bits per heavy atom. The van der Waals surface area contributed by atoms with Gasteiger partial charge in [-0.15, -0.1) is 11.3 Å². The molecule has 2 heterocycles. The third-order valence-electron chi connectivity index (χ3n) is 8.10. The number of phenolic OH excluding ortho intramolecular Hbond substituents is 1. The number of carbonyl (C=O) groups is 3. The van der Waals surface area contributed by atoms with E-state index in [1.165, 1.54) is 16.2 Å². The normalized spacial score (nSPS) is 16.0. The molecule has 1 aliphatic carbocycles. The number of hydrogen-bond acceptors (Lipinski definition) is 9. The van der Waals surface area contributed by atoms with Gasteiger partial charge in [0.2, 0.25) is 11.8 Å². The Bertz CT molecular complexity index is 1790. The molecule has 48 heavy (non-hydrogen) atoms. The summed E-state index contributed by atoms with van der Waals surface area (Å²) in [6, 6.07) is 13.1. The summed E-state index contributed by atoms with van der Waals surface area (Å²) in [6.07, 6.45) is 3.63. The second kappa shape index (κ2) is 15.3. The number of aryl methyl sites for hydroxylation is 1. The van der Waals surface area contributed by atoms with Gasteiger partial charge in [-0.2, -0.15) is 0 Å². The van der Waals surface area contributed by atoms with Gasteiger partial charge in [-0.1, -0.05) is 18.2 Å². The third-order valence-corrected chi connectivity index (χ3v) is 8.88. The monoisotopic (exact) mass is 674 g/mol. The lowest BCUT2D eigenvalue weighted by molar-refractivity contribution is -0.129. The summed E-state index contributed by atoms with van der Waals surface area (Å²) < 4.78 is 20.4. The maximum atomic E-state index is 14.3. The molecule has 1 saturated carbocycles. The van der Waals surface area contributed by atoms with Gasteiger partial charge >= 0.3 is 0 Å². The first kappa shape index (κ1) is 34.5. The van der Waals surface area contributed by atoms with Crippen molar-refractivity contribution >= 4 is 29.1 Å². The number of pyridine rings is 1. The molecule has 4 aromatic rings. The van der Waals surface area contributed by atoms with E-state index in [2.05, 4.69) is 20.6 Å². The van der Waals surface area contributed by atoms with Gasteiger partial charge < -0.3 is 25.4 Å². The lowest BCUT2D eigenvalue weighted by atomic mass is 9.91. The number of nitrogens with zero attached hydrogens (tertiary/aromatic N) is 4. The number of phenols is 1. The molecule has 0 unspecified atom stereocenters. The van der Waals surface area contributed by atoms with Gasteiger partial charge in [0.05, 0.1) is 17.7 Å². The number of aromatic nitrogens is 2. The zero-order chi connectivity index (χ0) is 34.4. The number of ether oxygens (including phenoxy) is 1. The van der Waals surface area contributed by atoms with Gasteiger partial charge in [-0.25, -0.2) is 14.4 Å². The van der Waals surface area contributed by atoms with Crippen LogP contribution in [0.25, 0.3) is 11.1 Å². The Morgan fingerprint density at radius 3 is 2.38 bits per heavy atom. The lowest BCUT2D eigenvalue weighted by Crippen LogP contribution is -2.44. The summed E-state index contributed by atoms with van der Waals surface area (Å²) in [4.78, 5) is 49.8. The second-order valence-electron chi connectivity index (χ2n) is 12.2. The van der Waals surface area contributed by atoms with Crippen LogP contribution in [0, 0.1) is 12.7 Å². The Kier molecular flexibility index (Phi) is 11.0. The molecule has 1 fully saturated rings. The highest BCUT2D eigenvalue weighted by atomic mass is 32.1. The van der Waals surface area contributed by atoms with Crippen molar-refractivity contribution in [2.75, 3.05) is 27.7 Å². The SMILES string of the molecule is Cc1nc(C(=O)N[C@H]2CC[C@@H](NC(=O)c3cc(F)cnc3Oc3cccc(-c4ccc(O)cc4CN(C)CC(=O)N(C)C)c3)CC2)cs1. The quantitative estimate of drug-likeness (QED) is 0.199. The highest BCUT2D eigenvalue weighted by molar-refractivity contribution is 7.09. The zero-order valence-corrected chi connectivity index (χ0v) is 28.1. The molecule has 3 amide bonds. The van der Waals surface area contributed by atoms with Crippen LogP contribution in [-0.2, 0) is 11.3 Å². The molecule has 1 aliphatic rings. The van der Waals surface area contributed by atoms with Gasteiger partial charge in [0, 0.05) is 38.1 Å². The van der Waals surface area contributed by atoms with Crippen molar-refractivity contribution in [1.29, 1.82) is 0 Å². The standard InChI is InChI=1S/C35H39FN6O5S/c1-21-38-31(20-48-21)34(46)40-26-10-8-25(9-11-26)39-33(45)30-16-24(36)17-37-35(30)47-28-7-5-6-22(15-28)29-13-12-27(43)14-23(29)18-42(4)19-32(44)41(2)3/h5-7,12-17,20,25-26,43H,8-11,18-19H2,1-4H3,(H,39,45)(H,40,46)/t25-,26+. The fourth-order valence-corrected chi connectivity index (χ4v) is 6.19. The molecule has 0 atom stereocenters. The average molecular weight is 675 g/mol. The molecular formula is C35H39FN6O5S. The van der Waals surface area contributed by atoms with Crippen LogP contribution in [0.3, 0.4) is 0 Å². The minimum Gasteiger partial charge on any atom is -0.508 e. The average Bonchev–Trinajstić information content (AvgIpc) is 3.49.